The van der Waals surface area contributed by atoms with E-state index < -0.39 is 22.2 Å². The monoisotopic (exact) mass is 348 g/mol. The molecule has 1 N–H and O–H groups in total. The molecule has 0 radical (unpaired) electrons. The number of nitrogens with one attached hydrogen (secondary N) is 1. The van der Waals surface area contributed by atoms with Crippen molar-refractivity contribution in [2.24, 2.45) is 0 Å². The number of halogens is 3. The Kier molecular flexibility index (Phi) is 3.77. The highest BCUT2D eigenvalue weighted by Gasteiger charge is 2.14. The first-order chi connectivity index (χ1) is 8.95. The molecule has 0 atom stereocenters. The summed E-state index contributed by atoms with van der Waals surface area (Å²) in [6, 6.07) is 4.45. The van der Waals surface area contributed by atoms with Crippen LogP contribution in [0.25, 0.3) is 5.69 Å². The van der Waals surface area contributed by atoms with Gasteiger partial charge in [0.1, 0.15) is 5.75 Å². The molecule has 2 rings (SSSR count). The van der Waals surface area contributed by atoms with Gasteiger partial charge >= 0.3 is 5.69 Å². The van der Waals surface area contributed by atoms with Crippen LogP contribution in [0.4, 0.5) is 4.39 Å². The van der Waals surface area contributed by atoms with Gasteiger partial charge in [0.25, 0.3) is 5.56 Å². The molecule has 0 saturated carbocycles. The normalized spacial score (nSPS) is 10.5. The molecule has 0 aliphatic carbocycles. The third kappa shape index (κ3) is 2.43. The van der Waals surface area contributed by atoms with E-state index in [0.717, 1.165) is 0 Å². The molecule has 0 bridgehead atoms. The Morgan fingerprint density at radius 2 is 2.11 bits per heavy atom. The lowest BCUT2D eigenvalue weighted by molar-refractivity contribution is 0.412. The second kappa shape index (κ2) is 5.18. The van der Waals surface area contributed by atoms with Crippen LogP contribution in [0.2, 0.25) is 5.15 Å². The van der Waals surface area contributed by atoms with Crippen LogP contribution in [0.3, 0.4) is 0 Å². The SMILES string of the molecule is COc1ccc(-n2c(=O)[nH]c(Cl)c(F)c2=O)cc1Br. The molecule has 1 aromatic heterocycles. The van der Waals surface area contributed by atoms with Crippen LogP contribution in [0.5, 0.6) is 5.75 Å². The minimum absolute atomic E-state index is 0.189. The molecule has 2 aromatic rings. The minimum atomic E-state index is -1.21. The van der Waals surface area contributed by atoms with E-state index in [1.165, 1.54) is 25.3 Å². The van der Waals surface area contributed by atoms with E-state index in [-0.39, 0.29) is 5.69 Å². The lowest BCUT2D eigenvalue weighted by Gasteiger charge is -2.08. The summed E-state index contributed by atoms with van der Waals surface area (Å²) in [6.45, 7) is 0. The van der Waals surface area contributed by atoms with Crippen LogP contribution < -0.4 is 16.0 Å². The first kappa shape index (κ1) is 13.8. The lowest BCUT2D eigenvalue weighted by Crippen LogP contribution is -2.35. The predicted octanol–water partition coefficient (Wildman–Crippen LogP) is 2.09. The molecule has 5 nitrogen and oxygen atoms in total. The number of hydrogen-bond donors (Lipinski definition) is 1. The number of benzene rings is 1. The van der Waals surface area contributed by atoms with Gasteiger partial charge in [0.2, 0.25) is 5.82 Å². The highest BCUT2D eigenvalue weighted by molar-refractivity contribution is 9.10. The van der Waals surface area contributed by atoms with E-state index in [1.54, 1.807) is 0 Å². The van der Waals surface area contributed by atoms with Crippen molar-refractivity contribution < 1.29 is 9.13 Å². The number of rotatable bonds is 2. The Morgan fingerprint density at radius 1 is 1.42 bits per heavy atom. The molecule has 1 aromatic carbocycles. The van der Waals surface area contributed by atoms with Gasteiger partial charge in [-0.05, 0) is 34.1 Å². The highest BCUT2D eigenvalue weighted by atomic mass is 79.9. The Hall–Kier alpha value is -1.60. The van der Waals surface area contributed by atoms with Crippen molar-refractivity contribution in [2.75, 3.05) is 7.11 Å². The Labute approximate surface area is 119 Å². The maximum Gasteiger partial charge on any atom is 0.334 e. The molecule has 1 heterocycles. The van der Waals surface area contributed by atoms with E-state index in [4.69, 9.17) is 16.3 Å². The van der Waals surface area contributed by atoms with Crippen LogP contribution in [0.15, 0.2) is 32.3 Å². The van der Waals surface area contributed by atoms with Crippen LogP contribution in [-0.2, 0) is 0 Å². The number of H-pyrrole nitrogens is 1. The fourth-order valence-corrected chi connectivity index (χ4v) is 2.21. The number of aromatic nitrogens is 2. The summed E-state index contributed by atoms with van der Waals surface area (Å²) in [5.74, 6) is -0.698. The minimum Gasteiger partial charge on any atom is -0.496 e. The van der Waals surface area contributed by atoms with Crippen molar-refractivity contribution in [1.82, 2.24) is 9.55 Å². The molecular weight excluding hydrogens is 342 g/mol. The van der Waals surface area contributed by atoms with E-state index in [2.05, 4.69) is 15.9 Å². The maximum absolute atomic E-state index is 13.4. The van der Waals surface area contributed by atoms with Gasteiger partial charge in [-0.25, -0.2) is 9.36 Å². The third-order valence-electron chi connectivity index (χ3n) is 2.40. The van der Waals surface area contributed by atoms with Gasteiger partial charge in [0, 0.05) is 0 Å². The van der Waals surface area contributed by atoms with Gasteiger partial charge in [-0.3, -0.25) is 9.78 Å². The van der Waals surface area contributed by atoms with Gasteiger partial charge in [-0.15, -0.1) is 0 Å². The molecule has 8 heteroatoms. The summed E-state index contributed by atoms with van der Waals surface area (Å²) < 4.78 is 19.6. The fourth-order valence-electron chi connectivity index (χ4n) is 1.52. The van der Waals surface area contributed by atoms with Crippen molar-refractivity contribution in [3.8, 4) is 11.4 Å². The zero-order valence-electron chi connectivity index (χ0n) is 9.54. The van der Waals surface area contributed by atoms with Crippen molar-refractivity contribution in [2.45, 2.75) is 0 Å². The summed E-state index contributed by atoms with van der Waals surface area (Å²) in [5.41, 5.74) is -1.76. The Balaban J connectivity index is 2.73. The number of hydrogen-bond acceptors (Lipinski definition) is 3. The third-order valence-corrected chi connectivity index (χ3v) is 3.28. The largest absolute Gasteiger partial charge is 0.496 e. The number of ether oxygens (including phenoxy) is 1. The van der Waals surface area contributed by atoms with Gasteiger partial charge in [0.15, 0.2) is 5.15 Å². The fraction of sp³-hybridized carbons (Fsp3) is 0.0909. The molecule has 0 saturated heterocycles. The first-order valence-corrected chi connectivity index (χ1v) is 6.17. The van der Waals surface area contributed by atoms with E-state index in [1.807, 2.05) is 4.98 Å². The summed E-state index contributed by atoms with van der Waals surface area (Å²) in [6.07, 6.45) is 0. The molecule has 19 heavy (non-hydrogen) atoms. The van der Waals surface area contributed by atoms with Crippen molar-refractivity contribution in [3.63, 3.8) is 0 Å². The zero-order valence-corrected chi connectivity index (χ0v) is 11.9. The smallest absolute Gasteiger partial charge is 0.334 e. The Bertz CT molecular complexity index is 757. The van der Waals surface area contributed by atoms with Gasteiger partial charge in [-0.2, -0.15) is 4.39 Å². The summed E-state index contributed by atoms with van der Waals surface area (Å²) in [4.78, 5) is 25.4. The molecule has 0 fully saturated rings. The molecule has 0 amide bonds. The zero-order chi connectivity index (χ0) is 14.2. The van der Waals surface area contributed by atoms with Gasteiger partial charge in [-0.1, -0.05) is 11.6 Å². The Morgan fingerprint density at radius 3 is 2.68 bits per heavy atom. The second-order valence-corrected chi connectivity index (χ2v) is 4.75. The van der Waals surface area contributed by atoms with E-state index in [0.29, 0.717) is 14.8 Å². The average Bonchev–Trinajstić information content (AvgIpc) is 2.36. The summed E-state index contributed by atoms with van der Waals surface area (Å²) in [7, 11) is 1.47. The molecule has 0 aliphatic rings. The van der Waals surface area contributed by atoms with Crippen LogP contribution in [-0.4, -0.2) is 16.7 Å². The topological polar surface area (TPSA) is 64.1 Å². The highest BCUT2D eigenvalue weighted by Crippen LogP contribution is 2.26. The summed E-state index contributed by atoms with van der Waals surface area (Å²) >= 11 is 8.60. The van der Waals surface area contributed by atoms with Gasteiger partial charge < -0.3 is 4.74 Å². The molecular formula is C11H7BrClFN2O3. The second-order valence-electron chi connectivity index (χ2n) is 3.52. The first-order valence-electron chi connectivity index (χ1n) is 5.00. The van der Waals surface area contributed by atoms with Crippen molar-refractivity contribution in [1.29, 1.82) is 0 Å². The molecule has 0 unspecified atom stereocenters. The van der Waals surface area contributed by atoms with Crippen molar-refractivity contribution >= 4 is 27.5 Å². The number of aromatic amines is 1. The van der Waals surface area contributed by atoms with Crippen LogP contribution in [0, 0.1) is 5.82 Å². The number of methoxy groups -OCH3 is 1. The van der Waals surface area contributed by atoms with Crippen LogP contribution in [0.1, 0.15) is 0 Å². The average molecular weight is 350 g/mol. The van der Waals surface area contributed by atoms with E-state index in [9.17, 15) is 14.0 Å². The molecule has 100 valence electrons. The quantitative estimate of drug-likeness (QED) is 0.845. The lowest BCUT2D eigenvalue weighted by atomic mass is 10.3. The van der Waals surface area contributed by atoms with Crippen LogP contribution >= 0.6 is 27.5 Å². The molecule has 0 aliphatic heterocycles. The van der Waals surface area contributed by atoms with Crippen molar-refractivity contribution in [3.05, 3.63) is 54.5 Å². The maximum atomic E-state index is 13.4. The standard InChI is InChI=1S/C11H7BrClFN2O3/c1-19-7-3-2-5(4-6(7)12)16-10(17)8(14)9(13)15-11(16)18/h2-4H,1H3,(H,15,18). The summed E-state index contributed by atoms with van der Waals surface area (Å²) in [5, 5.41) is -0.612. The molecule has 0 spiro atoms. The van der Waals surface area contributed by atoms with Gasteiger partial charge in [0.05, 0.1) is 17.3 Å². The number of nitrogens with zero attached hydrogens (tertiary/aromatic N) is 1. The van der Waals surface area contributed by atoms with E-state index >= 15 is 0 Å². The predicted molar refractivity (Wildman–Crippen MR) is 71.9 cm³/mol.